The van der Waals surface area contributed by atoms with Gasteiger partial charge in [0.1, 0.15) is 28.6 Å². The number of hydrogen-bond donors (Lipinski definition) is 1. The zero-order valence-corrected chi connectivity index (χ0v) is 21.9. The van der Waals surface area contributed by atoms with Crippen LogP contribution >= 0.6 is 0 Å². The third kappa shape index (κ3) is 3.82. The van der Waals surface area contributed by atoms with Crippen LogP contribution in [0, 0.1) is 0 Å². The molecule has 4 aromatic carbocycles. The van der Waals surface area contributed by atoms with Gasteiger partial charge in [-0.15, -0.1) is 0 Å². The zero-order valence-electron chi connectivity index (χ0n) is 21.1. The van der Waals surface area contributed by atoms with E-state index in [0.717, 1.165) is 5.56 Å². The van der Waals surface area contributed by atoms with Crippen LogP contribution in [0.4, 0.5) is 5.82 Å². The van der Waals surface area contributed by atoms with E-state index >= 15 is 0 Å². The minimum atomic E-state index is -4.16. The number of carbonyl (C=O) groups excluding carboxylic acids is 1. The number of nitrogens with zero attached hydrogens (tertiary/aromatic N) is 3. The van der Waals surface area contributed by atoms with Gasteiger partial charge in [-0.3, -0.25) is 9.36 Å². The fraction of sp³-hybridized carbons (Fsp3) is 0.0645. The topological polar surface area (TPSA) is 103 Å². The van der Waals surface area contributed by atoms with E-state index in [1.807, 2.05) is 48.5 Å². The van der Waals surface area contributed by atoms with Crippen LogP contribution in [-0.2, 0) is 9.84 Å². The normalized spacial score (nSPS) is 14.7. The van der Waals surface area contributed by atoms with E-state index in [4.69, 9.17) is 14.7 Å². The smallest absolute Gasteiger partial charge is 0.256 e. The molecule has 8 nitrogen and oxygen atoms in total. The molecule has 0 spiro atoms. The van der Waals surface area contributed by atoms with Crippen molar-refractivity contribution in [2.75, 3.05) is 11.9 Å². The lowest BCUT2D eigenvalue weighted by Crippen LogP contribution is -2.21. The second kappa shape index (κ2) is 9.32. The van der Waals surface area contributed by atoms with Crippen molar-refractivity contribution in [3.05, 3.63) is 120 Å². The summed E-state index contributed by atoms with van der Waals surface area (Å²) in [5.41, 5.74) is 2.90. The monoisotopic (exact) mass is 546 g/mol. The lowest BCUT2D eigenvalue weighted by Gasteiger charge is -2.18. The van der Waals surface area contributed by atoms with Gasteiger partial charge in [0.2, 0.25) is 9.84 Å². The lowest BCUT2D eigenvalue weighted by molar-refractivity contribution is 0.102. The highest BCUT2D eigenvalue weighted by molar-refractivity contribution is 7.92. The SMILES string of the molecule is O=C(Nc1c(S(=O)(=O)c2ccccc2)c2nc3ccccc3nc2n1C1COc2ccccc21)c1ccccc1. The summed E-state index contributed by atoms with van der Waals surface area (Å²) in [5.74, 6) is 0.329. The molecule has 1 unspecified atom stereocenters. The van der Waals surface area contributed by atoms with Crippen molar-refractivity contribution in [1.82, 2.24) is 14.5 Å². The Morgan fingerprint density at radius 3 is 2.17 bits per heavy atom. The number of sulfone groups is 1. The Kier molecular flexibility index (Phi) is 5.60. The molecule has 1 N–H and O–H groups in total. The number of para-hydroxylation sites is 3. The van der Waals surface area contributed by atoms with Gasteiger partial charge in [0.25, 0.3) is 5.91 Å². The zero-order chi connectivity index (χ0) is 27.3. The van der Waals surface area contributed by atoms with Crippen molar-refractivity contribution in [1.29, 1.82) is 0 Å². The molecule has 1 atom stereocenters. The van der Waals surface area contributed by atoms with Gasteiger partial charge in [-0.25, -0.2) is 18.4 Å². The first kappa shape index (κ1) is 24.1. The maximum absolute atomic E-state index is 14.3. The van der Waals surface area contributed by atoms with Gasteiger partial charge in [-0.2, -0.15) is 0 Å². The van der Waals surface area contributed by atoms with Crippen LogP contribution in [0.25, 0.3) is 22.2 Å². The van der Waals surface area contributed by atoms with Crippen LogP contribution in [0.1, 0.15) is 22.0 Å². The lowest BCUT2D eigenvalue weighted by atomic mass is 10.1. The summed E-state index contributed by atoms with van der Waals surface area (Å²) in [6.07, 6.45) is 0. The summed E-state index contributed by atoms with van der Waals surface area (Å²) >= 11 is 0. The number of benzene rings is 4. The van der Waals surface area contributed by atoms with E-state index in [0.29, 0.717) is 28.0 Å². The molecule has 2 aromatic heterocycles. The number of fused-ring (bicyclic) bond motifs is 3. The molecule has 6 aromatic rings. The van der Waals surface area contributed by atoms with E-state index in [-0.39, 0.29) is 27.7 Å². The summed E-state index contributed by atoms with van der Waals surface area (Å²) in [7, 11) is -4.16. The number of anilines is 1. The third-order valence-corrected chi connectivity index (χ3v) is 8.84. The average molecular weight is 547 g/mol. The Morgan fingerprint density at radius 2 is 1.43 bits per heavy atom. The highest BCUT2D eigenvalue weighted by atomic mass is 32.2. The molecular weight excluding hydrogens is 524 g/mol. The first-order chi connectivity index (χ1) is 19.5. The van der Waals surface area contributed by atoms with Gasteiger partial charge in [-0.1, -0.05) is 66.7 Å². The van der Waals surface area contributed by atoms with Crippen molar-refractivity contribution in [2.24, 2.45) is 0 Å². The minimum Gasteiger partial charge on any atom is -0.491 e. The first-order valence-electron chi connectivity index (χ1n) is 12.7. The summed E-state index contributed by atoms with van der Waals surface area (Å²) in [6, 6.07) is 31.2. The maximum atomic E-state index is 14.3. The average Bonchev–Trinajstić information content (AvgIpc) is 3.55. The molecule has 0 saturated carbocycles. The maximum Gasteiger partial charge on any atom is 0.256 e. The van der Waals surface area contributed by atoms with Gasteiger partial charge >= 0.3 is 0 Å². The Bertz CT molecular complexity index is 2020. The van der Waals surface area contributed by atoms with Gasteiger partial charge in [0, 0.05) is 11.1 Å². The molecule has 1 amide bonds. The Morgan fingerprint density at radius 1 is 0.800 bits per heavy atom. The van der Waals surface area contributed by atoms with E-state index in [1.165, 1.54) is 12.1 Å². The fourth-order valence-corrected chi connectivity index (χ4v) is 6.71. The quantitative estimate of drug-likeness (QED) is 0.300. The van der Waals surface area contributed by atoms with E-state index in [9.17, 15) is 13.2 Å². The number of amides is 1. The molecular formula is C31H22N4O4S. The van der Waals surface area contributed by atoms with Crippen molar-refractivity contribution >= 4 is 43.8 Å². The van der Waals surface area contributed by atoms with Crippen LogP contribution in [0.15, 0.2) is 119 Å². The highest BCUT2D eigenvalue weighted by Crippen LogP contribution is 2.44. The number of nitrogens with one attached hydrogen (secondary N) is 1. The molecule has 1 aliphatic heterocycles. The molecule has 0 aliphatic carbocycles. The number of hydrogen-bond acceptors (Lipinski definition) is 6. The van der Waals surface area contributed by atoms with Gasteiger partial charge in [-0.05, 0) is 42.5 Å². The van der Waals surface area contributed by atoms with E-state index in [2.05, 4.69) is 5.32 Å². The molecule has 1 aliphatic rings. The van der Waals surface area contributed by atoms with Gasteiger partial charge < -0.3 is 10.1 Å². The van der Waals surface area contributed by atoms with Gasteiger partial charge in [0.15, 0.2) is 5.65 Å². The van der Waals surface area contributed by atoms with Crippen LogP contribution in [0.2, 0.25) is 0 Å². The standard InChI is InChI=1S/C31H22N4O4S/c36-31(20-11-3-1-4-12-20)34-30-28(40(37,38)21-13-5-2-6-14-21)27-29(33-24-17-9-8-16-23(24)32-27)35(30)25-19-39-26-18-10-7-15-22(25)26/h1-18,25H,19H2,(H,34,36). The molecule has 3 heterocycles. The molecule has 9 heteroatoms. The molecule has 0 fully saturated rings. The number of carbonyl (C=O) groups is 1. The van der Waals surface area contributed by atoms with Gasteiger partial charge in [0.05, 0.1) is 22.0 Å². The number of rotatable bonds is 5. The second-order valence-electron chi connectivity index (χ2n) is 9.43. The summed E-state index contributed by atoms with van der Waals surface area (Å²) in [5, 5.41) is 2.93. The summed E-state index contributed by atoms with van der Waals surface area (Å²) < 4.78 is 36.4. The highest BCUT2D eigenvalue weighted by Gasteiger charge is 2.37. The Balaban J connectivity index is 1.58. The molecule has 0 bridgehead atoms. The van der Waals surface area contributed by atoms with E-state index in [1.54, 1.807) is 53.1 Å². The molecule has 0 saturated heterocycles. The number of ether oxygens (including phenoxy) is 1. The van der Waals surface area contributed by atoms with Crippen molar-refractivity contribution in [3.8, 4) is 5.75 Å². The third-order valence-electron chi connectivity index (χ3n) is 7.03. The minimum absolute atomic E-state index is 0.0855. The summed E-state index contributed by atoms with van der Waals surface area (Å²) in [4.78, 5) is 23.2. The van der Waals surface area contributed by atoms with E-state index < -0.39 is 21.8 Å². The molecule has 0 radical (unpaired) electrons. The number of aromatic nitrogens is 3. The molecule has 40 heavy (non-hydrogen) atoms. The van der Waals surface area contributed by atoms with Crippen molar-refractivity contribution in [3.63, 3.8) is 0 Å². The van der Waals surface area contributed by atoms with Crippen molar-refractivity contribution in [2.45, 2.75) is 15.8 Å². The largest absolute Gasteiger partial charge is 0.491 e. The predicted molar refractivity (Wildman–Crippen MR) is 151 cm³/mol. The van der Waals surface area contributed by atoms with Crippen LogP contribution in [0.3, 0.4) is 0 Å². The second-order valence-corrected chi connectivity index (χ2v) is 11.3. The molecule has 7 rings (SSSR count). The van der Waals surface area contributed by atoms with Crippen LogP contribution in [-0.4, -0.2) is 35.5 Å². The Hall–Kier alpha value is -5.02. The first-order valence-corrected chi connectivity index (χ1v) is 14.2. The fourth-order valence-electron chi connectivity index (χ4n) is 5.16. The Labute approximate surface area is 229 Å². The van der Waals surface area contributed by atoms with Crippen LogP contribution in [0.5, 0.6) is 5.75 Å². The summed E-state index contributed by atoms with van der Waals surface area (Å²) in [6.45, 7) is 0.233. The predicted octanol–water partition coefficient (Wildman–Crippen LogP) is 5.65. The van der Waals surface area contributed by atoms with Crippen LogP contribution < -0.4 is 10.1 Å². The van der Waals surface area contributed by atoms with Crippen molar-refractivity contribution < 1.29 is 17.9 Å². The molecule has 196 valence electrons.